The van der Waals surface area contributed by atoms with E-state index in [1.807, 2.05) is 0 Å². The lowest BCUT2D eigenvalue weighted by Gasteiger charge is -2.04. The second kappa shape index (κ2) is 6.64. The van der Waals surface area contributed by atoms with Gasteiger partial charge in [0.25, 0.3) is 0 Å². The predicted octanol–water partition coefficient (Wildman–Crippen LogP) is 3.98. The van der Waals surface area contributed by atoms with Gasteiger partial charge < -0.3 is 4.74 Å². The van der Waals surface area contributed by atoms with Crippen LogP contribution < -0.4 is 9.54 Å². The van der Waals surface area contributed by atoms with Gasteiger partial charge in [0.05, 0.1) is 20.6 Å². The number of carbonyl (C=O) groups is 2. The van der Waals surface area contributed by atoms with Gasteiger partial charge in [-0.1, -0.05) is 34.5 Å². The number of thiazole rings is 1. The van der Waals surface area contributed by atoms with Gasteiger partial charge in [-0.15, -0.1) is 0 Å². The highest BCUT2D eigenvalue weighted by molar-refractivity contribution is 7.09. The summed E-state index contributed by atoms with van der Waals surface area (Å²) in [6, 6.07) is 4.89. The number of esters is 1. The SMILES string of the molecule is CC(=O)Oc1c(C)sc(=Nc2ccc(Cl)c(Cl)c2)n1C(C)=O. The van der Waals surface area contributed by atoms with Crippen molar-refractivity contribution in [2.45, 2.75) is 20.8 Å². The van der Waals surface area contributed by atoms with Gasteiger partial charge in [-0.2, -0.15) is 0 Å². The Balaban J connectivity index is 2.64. The Bertz CT molecular complexity index is 824. The van der Waals surface area contributed by atoms with Crippen molar-refractivity contribution in [3.8, 4) is 5.88 Å². The van der Waals surface area contributed by atoms with Crippen molar-refractivity contribution in [3.63, 3.8) is 0 Å². The Morgan fingerprint density at radius 1 is 1.23 bits per heavy atom. The predicted molar refractivity (Wildman–Crippen MR) is 86.3 cm³/mol. The zero-order valence-corrected chi connectivity index (χ0v) is 14.3. The maximum absolute atomic E-state index is 11.9. The molecule has 8 heteroatoms. The molecular weight excluding hydrogens is 347 g/mol. The molecule has 22 heavy (non-hydrogen) atoms. The minimum Gasteiger partial charge on any atom is -0.408 e. The van der Waals surface area contributed by atoms with Crippen LogP contribution in [0.4, 0.5) is 5.69 Å². The summed E-state index contributed by atoms with van der Waals surface area (Å²) < 4.78 is 6.36. The van der Waals surface area contributed by atoms with Crippen molar-refractivity contribution in [1.82, 2.24) is 4.57 Å². The normalized spacial score (nSPS) is 11.6. The molecule has 0 N–H and O–H groups in total. The summed E-state index contributed by atoms with van der Waals surface area (Å²) in [5.41, 5.74) is 0.542. The highest BCUT2D eigenvalue weighted by Gasteiger charge is 2.17. The molecule has 0 aliphatic heterocycles. The van der Waals surface area contributed by atoms with Crippen LogP contribution in [0.25, 0.3) is 0 Å². The smallest absolute Gasteiger partial charge is 0.309 e. The second-order valence-corrected chi connectivity index (χ2v) is 6.40. The standard InChI is InChI=1S/C14H12Cl2N2O3S/c1-7-13(21-9(3)20)18(8(2)19)14(22-7)17-10-4-5-11(15)12(16)6-10/h4-6H,1-3H3. The van der Waals surface area contributed by atoms with Crippen LogP contribution in [-0.2, 0) is 4.79 Å². The molecule has 5 nitrogen and oxygen atoms in total. The van der Waals surface area contributed by atoms with Crippen LogP contribution in [0.5, 0.6) is 5.88 Å². The zero-order valence-electron chi connectivity index (χ0n) is 12.0. The number of aryl methyl sites for hydroxylation is 1. The first-order valence-corrected chi connectivity index (χ1v) is 7.78. The van der Waals surface area contributed by atoms with Gasteiger partial charge in [0.15, 0.2) is 4.80 Å². The number of hydrogen-bond donors (Lipinski definition) is 0. The third-order valence-electron chi connectivity index (χ3n) is 2.62. The lowest BCUT2D eigenvalue weighted by molar-refractivity contribution is -0.132. The summed E-state index contributed by atoms with van der Waals surface area (Å²) in [6.07, 6.45) is 0. The summed E-state index contributed by atoms with van der Waals surface area (Å²) in [7, 11) is 0. The van der Waals surface area contributed by atoms with Crippen LogP contribution in [-0.4, -0.2) is 16.4 Å². The monoisotopic (exact) mass is 358 g/mol. The second-order valence-electron chi connectivity index (χ2n) is 4.40. The van der Waals surface area contributed by atoms with E-state index >= 15 is 0 Å². The molecule has 0 spiro atoms. The Kier molecular flexibility index (Phi) is 5.05. The van der Waals surface area contributed by atoms with Crippen molar-refractivity contribution in [2.75, 3.05) is 0 Å². The van der Waals surface area contributed by atoms with Crippen molar-refractivity contribution in [1.29, 1.82) is 0 Å². The molecule has 0 amide bonds. The number of hydrogen-bond acceptors (Lipinski definition) is 5. The van der Waals surface area contributed by atoms with Gasteiger partial charge in [0, 0.05) is 13.8 Å². The number of aromatic nitrogens is 1. The van der Waals surface area contributed by atoms with Crippen LogP contribution in [0.15, 0.2) is 23.2 Å². The van der Waals surface area contributed by atoms with Crippen molar-refractivity contribution in [2.24, 2.45) is 4.99 Å². The van der Waals surface area contributed by atoms with Crippen molar-refractivity contribution in [3.05, 3.63) is 37.9 Å². The topological polar surface area (TPSA) is 60.7 Å². The molecule has 0 saturated heterocycles. The lowest BCUT2D eigenvalue weighted by atomic mass is 10.3. The van der Waals surface area contributed by atoms with E-state index in [0.29, 0.717) is 25.4 Å². The summed E-state index contributed by atoms with van der Waals surface area (Å²) in [6.45, 7) is 4.39. The molecule has 0 bridgehead atoms. The maximum atomic E-state index is 11.9. The molecular formula is C14H12Cl2N2O3S. The first kappa shape index (κ1) is 16.7. The Hall–Kier alpha value is -1.63. The van der Waals surface area contributed by atoms with E-state index in [9.17, 15) is 9.59 Å². The fourth-order valence-corrected chi connectivity index (χ4v) is 2.98. The van der Waals surface area contributed by atoms with Crippen LogP contribution >= 0.6 is 34.5 Å². The zero-order chi connectivity index (χ0) is 16.4. The van der Waals surface area contributed by atoms with Crippen LogP contribution in [0.2, 0.25) is 10.0 Å². The Labute approximate surface area is 140 Å². The molecule has 0 unspecified atom stereocenters. The van der Waals surface area contributed by atoms with Crippen molar-refractivity contribution < 1.29 is 14.3 Å². The molecule has 1 heterocycles. The van der Waals surface area contributed by atoms with E-state index in [1.165, 1.54) is 29.8 Å². The third kappa shape index (κ3) is 3.58. The average molecular weight is 359 g/mol. The highest BCUT2D eigenvalue weighted by atomic mass is 35.5. The Morgan fingerprint density at radius 2 is 1.91 bits per heavy atom. The number of halogens is 2. The summed E-state index contributed by atoms with van der Waals surface area (Å²) in [5, 5.41) is 0.786. The number of ether oxygens (including phenoxy) is 1. The van der Waals surface area contributed by atoms with Gasteiger partial charge in [-0.05, 0) is 25.1 Å². The molecule has 1 aromatic heterocycles. The molecule has 0 atom stereocenters. The third-order valence-corrected chi connectivity index (χ3v) is 4.30. The minimum absolute atomic E-state index is 0.184. The van der Waals surface area contributed by atoms with Gasteiger partial charge in [0.1, 0.15) is 0 Å². The molecule has 0 aliphatic rings. The lowest BCUT2D eigenvalue weighted by Crippen LogP contribution is -2.22. The highest BCUT2D eigenvalue weighted by Crippen LogP contribution is 2.27. The van der Waals surface area contributed by atoms with Crippen LogP contribution in [0, 0.1) is 6.92 Å². The quantitative estimate of drug-likeness (QED) is 0.762. The fourth-order valence-electron chi connectivity index (χ4n) is 1.74. The molecule has 0 fully saturated rings. The molecule has 2 aromatic rings. The van der Waals surface area contributed by atoms with E-state index in [4.69, 9.17) is 27.9 Å². The first-order valence-electron chi connectivity index (χ1n) is 6.21. The van der Waals surface area contributed by atoms with Gasteiger partial charge in [-0.3, -0.25) is 9.59 Å². The number of benzene rings is 1. The van der Waals surface area contributed by atoms with E-state index in [2.05, 4.69) is 4.99 Å². The summed E-state index contributed by atoms with van der Waals surface area (Å²) in [4.78, 5) is 28.5. The van der Waals surface area contributed by atoms with Gasteiger partial charge in [-0.25, -0.2) is 9.56 Å². The first-order chi connectivity index (χ1) is 10.3. The van der Waals surface area contributed by atoms with Crippen molar-refractivity contribution >= 4 is 52.1 Å². The molecule has 0 saturated carbocycles. The molecule has 116 valence electrons. The number of rotatable bonds is 2. The van der Waals surface area contributed by atoms with E-state index in [1.54, 1.807) is 25.1 Å². The fraction of sp³-hybridized carbons (Fsp3) is 0.214. The maximum Gasteiger partial charge on any atom is 0.309 e. The molecule has 0 radical (unpaired) electrons. The molecule has 1 aromatic carbocycles. The Morgan fingerprint density at radius 3 is 2.45 bits per heavy atom. The van der Waals surface area contributed by atoms with Gasteiger partial charge >= 0.3 is 5.97 Å². The van der Waals surface area contributed by atoms with Crippen LogP contribution in [0.1, 0.15) is 23.5 Å². The van der Waals surface area contributed by atoms with E-state index < -0.39 is 5.97 Å². The summed E-state index contributed by atoms with van der Waals surface area (Å²) in [5.74, 6) is -0.625. The van der Waals surface area contributed by atoms with Crippen LogP contribution in [0.3, 0.4) is 0 Å². The molecule has 2 rings (SSSR count). The summed E-state index contributed by atoms with van der Waals surface area (Å²) >= 11 is 13.1. The number of carbonyl (C=O) groups excluding carboxylic acids is 2. The average Bonchev–Trinajstić information content (AvgIpc) is 2.69. The van der Waals surface area contributed by atoms with E-state index in [0.717, 1.165) is 0 Å². The number of nitrogens with zero attached hydrogens (tertiary/aromatic N) is 2. The largest absolute Gasteiger partial charge is 0.408 e. The minimum atomic E-state index is -0.503. The molecule has 0 aliphatic carbocycles. The van der Waals surface area contributed by atoms with E-state index in [-0.39, 0.29) is 11.8 Å². The van der Waals surface area contributed by atoms with Gasteiger partial charge in [0.2, 0.25) is 11.8 Å².